The number of likely N-dealkylation sites (tertiary alicyclic amines) is 1. The fraction of sp³-hybridized carbons (Fsp3) is 0.611. The van der Waals surface area contributed by atoms with Gasteiger partial charge in [0.25, 0.3) is 0 Å². The van der Waals surface area contributed by atoms with Gasteiger partial charge in [-0.2, -0.15) is 0 Å². The molecule has 3 rings (SSSR count). The van der Waals surface area contributed by atoms with Gasteiger partial charge in [0, 0.05) is 18.5 Å². The Balaban J connectivity index is 1.52. The Morgan fingerprint density at radius 1 is 1.30 bits per heavy atom. The smallest absolute Gasteiger partial charge is 0.228 e. The van der Waals surface area contributed by atoms with Gasteiger partial charge in [-0.05, 0) is 50.0 Å². The molecule has 0 aromatic heterocycles. The summed E-state index contributed by atoms with van der Waals surface area (Å²) in [6.07, 6.45) is 7.01. The number of carbonyl (C=O) groups is 1. The SMILES string of the molecule is CC1(C(=O)N2CCCC(CCc3ccccc3)C2)CC1. The van der Waals surface area contributed by atoms with Gasteiger partial charge >= 0.3 is 0 Å². The number of carbonyl (C=O) groups excluding carboxylic acids is 1. The molecule has 0 spiro atoms. The van der Waals surface area contributed by atoms with Crippen molar-refractivity contribution in [1.82, 2.24) is 4.90 Å². The highest BCUT2D eigenvalue weighted by Gasteiger charge is 2.47. The third kappa shape index (κ3) is 3.05. The molecule has 2 fully saturated rings. The summed E-state index contributed by atoms with van der Waals surface area (Å²) in [5, 5.41) is 0. The van der Waals surface area contributed by atoms with Gasteiger partial charge in [-0.1, -0.05) is 37.3 Å². The molecule has 1 saturated heterocycles. The lowest BCUT2D eigenvalue weighted by atomic mass is 9.91. The molecule has 1 aliphatic heterocycles. The van der Waals surface area contributed by atoms with Crippen LogP contribution < -0.4 is 0 Å². The average molecular weight is 271 g/mol. The van der Waals surface area contributed by atoms with E-state index in [2.05, 4.69) is 42.2 Å². The molecule has 20 heavy (non-hydrogen) atoms. The Morgan fingerprint density at radius 3 is 2.75 bits per heavy atom. The van der Waals surface area contributed by atoms with Crippen LogP contribution in [0, 0.1) is 11.3 Å². The van der Waals surface area contributed by atoms with Crippen molar-refractivity contribution in [2.24, 2.45) is 11.3 Å². The zero-order chi connectivity index (χ0) is 14.0. The molecule has 1 aromatic rings. The zero-order valence-electron chi connectivity index (χ0n) is 12.5. The molecular weight excluding hydrogens is 246 g/mol. The first-order valence-corrected chi connectivity index (χ1v) is 8.01. The molecule has 1 aromatic carbocycles. The molecule has 0 N–H and O–H groups in total. The summed E-state index contributed by atoms with van der Waals surface area (Å²) < 4.78 is 0. The molecule has 1 unspecified atom stereocenters. The fourth-order valence-corrected chi connectivity index (χ4v) is 3.28. The largest absolute Gasteiger partial charge is 0.342 e. The number of hydrogen-bond donors (Lipinski definition) is 0. The summed E-state index contributed by atoms with van der Waals surface area (Å²) in [6.45, 7) is 4.10. The van der Waals surface area contributed by atoms with E-state index in [4.69, 9.17) is 0 Å². The first-order chi connectivity index (χ1) is 9.67. The first-order valence-electron chi connectivity index (χ1n) is 8.01. The molecule has 1 aliphatic carbocycles. The van der Waals surface area contributed by atoms with E-state index >= 15 is 0 Å². The monoisotopic (exact) mass is 271 g/mol. The Morgan fingerprint density at radius 2 is 2.05 bits per heavy atom. The summed E-state index contributed by atoms with van der Waals surface area (Å²) in [7, 11) is 0. The van der Waals surface area contributed by atoms with Crippen LogP contribution in [0.5, 0.6) is 0 Å². The first kappa shape index (κ1) is 13.7. The van der Waals surface area contributed by atoms with Crippen LogP contribution in [0.1, 0.15) is 44.6 Å². The van der Waals surface area contributed by atoms with E-state index in [-0.39, 0.29) is 5.41 Å². The molecule has 1 amide bonds. The summed E-state index contributed by atoms with van der Waals surface area (Å²) in [6, 6.07) is 10.7. The van der Waals surface area contributed by atoms with Crippen LogP contribution in [-0.4, -0.2) is 23.9 Å². The van der Waals surface area contributed by atoms with Crippen molar-refractivity contribution in [2.75, 3.05) is 13.1 Å². The summed E-state index contributed by atoms with van der Waals surface area (Å²) in [5.74, 6) is 1.11. The van der Waals surface area contributed by atoms with Gasteiger partial charge in [-0.25, -0.2) is 0 Å². The highest BCUT2D eigenvalue weighted by Crippen LogP contribution is 2.47. The Bertz CT molecular complexity index is 464. The van der Waals surface area contributed by atoms with Crippen LogP contribution in [0.2, 0.25) is 0 Å². The van der Waals surface area contributed by atoms with Crippen molar-refractivity contribution in [3.63, 3.8) is 0 Å². The number of benzene rings is 1. The van der Waals surface area contributed by atoms with Crippen molar-refractivity contribution in [1.29, 1.82) is 0 Å². The van der Waals surface area contributed by atoms with Crippen LogP contribution in [0.4, 0.5) is 0 Å². The minimum atomic E-state index is 0.00131. The van der Waals surface area contributed by atoms with Crippen LogP contribution in [0.15, 0.2) is 30.3 Å². The molecule has 0 radical (unpaired) electrons. The number of rotatable bonds is 4. The van der Waals surface area contributed by atoms with Crippen LogP contribution in [0.3, 0.4) is 0 Å². The number of hydrogen-bond acceptors (Lipinski definition) is 1. The number of nitrogens with zero attached hydrogens (tertiary/aromatic N) is 1. The van der Waals surface area contributed by atoms with Gasteiger partial charge < -0.3 is 4.90 Å². The Labute approximate surface area is 122 Å². The van der Waals surface area contributed by atoms with Crippen molar-refractivity contribution < 1.29 is 4.79 Å². The second-order valence-corrected chi connectivity index (χ2v) is 6.84. The summed E-state index contributed by atoms with van der Waals surface area (Å²) >= 11 is 0. The van der Waals surface area contributed by atoms with E-state index in [1.807, 2.05) is 0 Å². The molecule has 108 valence electrons. The second-order valence-electron chi connectivity index (χ2n) is 6.84. The average Bonchev–Trinajstić information content (AvgIpc) is 3.25. The third-order valence-corrected chi connectivity index (χ3v) is 5.01. The van der Waals surface area contributed by atoms with Gasteiger partial charge in [0.05, 0.1) is 0 Å². The molecule has 0 bridgehead atoms. The fourth-order valence-electron chi connectivity index (χ4n) is 3.28. The van der Waals surface area contributed by atoms with E-state index < -0.39 is 0 Å². The van der Waals surface area contributed by atoms with Crippen LogP contribution in [0.25, 0.3) is 0 Å². The van der Waals surface area contributed by atoms with E-state index in [9.17, 15) is 4.79 Å². The molecule has 2 heteroatoms. The number of aryl methyl sites for hydroxylation is 1. The van der Waals surface area contributed by atoms with Gasteiger partial charge in [-0.3, -0.25) is 4.79 Å². The lowest BCUT2D eigenvalue weighted by Crippen LogP contribution is -2.43. The molecule has 1 heterocycles. The van der Waals surface area contributed by atoms with E-state index in [1.165, 1.54) is 24.8 Å². The standard InChI is InChI=1S/C18H25NO/c1-18(11-12-18)17(20)19-13-5-8-16(14-19)10-9-15-6-3-2-4-7-15/h2-4,6-7,16H,5,8-14H2,1H3. The number of amides is 1. The maximum atomic E-state index is 12.4. The minimum Gasteiger partial charge on any atom is -0.342 e. The van der Waals surface area contributed by atoms with E-state index in [1.54, 1.807) is 0 Å². The van der Waals surface area contributed by atoms with Crippen molar-refractivity contribution in [3.05, 3.63) is 35.9 Å². The highest BCUT2D eigenvalue weighted by molar-refractivity contribution is 5.85. The topological polar surface area (TPSA) is 20.3 Å². The summed E-state index contributed by atoms with van der Waals surface area (Å²) in [4.78, 5) is 14.6. The Hall–Kier alpha value is -1.31. The maximum Gasteiger partial charge on any atom is 0.228 e. The molecule has 2 nitrogen and oxygen atoms in total. The predicted molar refractivity (Wildman–Crippen MR) is 81.4 cm³/mol. The van der Waals surface area contributed by atoms with Gasteiger partial charge in [0.2, 0.25) is 5.91 Å². The summed E-state index contributed by atoms with van der Waals surface area (Å²) in [5.41, 5.74) is 1.42. The van der Waals surface area contributed by atoms with Gasteiger partial charge in [0.1, 0.15) is 0 Å². The van der Waals surface area contributed by atoms with Gasteiger partial charge in [0.15, 0.2) is 0 Å². The lowest BCUT2D eigenvalue weighted by molar-refractivity contribution is -0.138. The lowest BCUT2D eigenvalue weighted by Gasteiger charge is -2.34. The highest BCUT2D eigenvalue weighted by atomic mass is 16.2. The number of piperidine rings is 1. The van der Waals surface area contributed by atoms with E-state index in [0.717, 1.165) is 32.4 Å². The van der Waals surface area contributed by atoms with Crippen LogP contribution >= 0.6 is 0 Å². The van der Waals surface area contributed by atoms with E-state index in [0.29, 0.717) is 11.8 Å². The molecular formula is C18H25NO. The van der Waals surface area contributed by atoms with Gasteiger partial charge in [-0.15, -0.1) is 0 Å². The quantitative estimate of drug-likeness (QED) is 0.818. The van der Waals surface area contributed by atoms with Crippen molar-refractivity contribution in [2.45, 2.75) is 45.4 Å². The van der Waals surface area contributed by atoms with Crippen LogP contribution in [-0.2, 0) is 11.2 Å². The third-order valence-electron chi connectivity index (χ3n) is 5.01. The zero-order valence-corrected chi connectivity index (χ0v) is 12.5. The Kier molecular flexibility index (Phi) is 3.82. The maximum absolute atomic E-state index is 12.4. The molecule has 1 atom stereocenters. The minimum absolute atomic E-state index is 0.00131. The normalized spacial score (nSPS) is 24.4. The van der Waals surface area contributed by atoms with Crippen molar-refractivity contribution in [3.8, 4) is 0 Å². The predicted octanol–water partition coefficient (Wildman–Crippen LogP) is 3.66. The molecule has 1 saturated carbocycles. The second kappa shape index (κ2) is 5.59. The van der Waals surface area contributed by atoms with Crippen molar-refractivity contribution >= 4 is 5.91 Å². The molecule has 2 aliphatic rings.